The Morgan fingerprint density at radius 2 is 1.78 bits per heavy atom. The van der Waals surface area contributed by atoms with Crippen molar-refractivity contribution >= 4 is 5.69 Å². The van der Waals surface area contributed by atoms with Gasteiger partial charge in [-0.1, -0.05) is 39.0 Å². The highest BCUT2D eigenvalue weighted by molar-refractivity contribution is 5.51. The van der Waals surface area contributed by atoms with Crippen LogP contribution in [0.25, 0.3) is 0 Å². The zero-order chi connectivity index (χ0) is 13.0. The van der Waals surface area contributed by atoms with Gasteiger partial charge in [0.2, 0.25) is 0 Å². The van der Waals surface area contributed by atoms with Crippen LogP contribution in [0.2, 0.25) is 0 Å². The van der Waals surface area contributed by atoms with Crippen LogP contribution in [0.3, 0.4) is 0 Å². The second kappa shape index (κ2) is 6.26. The molecule has 1 aromatic rings. The maximum atomic E-state index is 3.76. The summed E-state index contributed by atoms with van der Waals surface area (Å²) in [6.07, 6.45) is 6.57. The summed E-state index contributed by atoms with van der Waals surface area (Å²) >= 11 is 0. The van der Waals surface area contributed by atoms with Crippen LogP contribution in [-0.2, 0) is 6.42 Å². The molecule has 0 aliphatic heterocycles. The van der Waals surface area contributed by atoms with Crippen molar-refractivity contribution in [2.75, 3.05) is 5.32 Å². The lowest BCUT2D eigenvalue weighted by Gasteiger charge is -2.32. The Labute approximate surface area is 112 Å². The predicted octanol–water partition coefficient (Wildman–Crippen LogP) is 4.88. The summed E-state index contributed by atoms with van der Waals surface area (Å²) in [5, 5.41) is 3.76. The van der Waals surface area contributed by atoms with Gasteiger partial charge in [0.05, 0.1) is 0 Å². The van der Waals surface area contributed by atoms with Gasteiger partial charge < -0.3 is 5.32 Å². The van der Waals surface area contributed by atoms with Crippen molar-refractivity contribution < 1.29 is 0 Å². The Morgan fingerprint density at radius 3 is 2.39 bits per heavy atom. The summed E-state index contributed by atoms with van der Waals surface area (Å²) in [4.78, 5) is 0. The van der Waals surface area contributed by atoms with Crippen molar-refractivity contribution in [2.45, 2.75) is 58.9 Å². The first-order valence-corrected chi connectivity index (χ1v) is 7.55. The average Bonchev–Trinajstić information content (AvgIpc) is 2.40. The van der Waals surface area contributed by atoms with Gasteiger partial charge in [0.25, 0.3) is 0 Å². The van der Waals surface area contributed by atoms with E-state index in [9.17, 15) is 0 Å². The van der Waals surface area contributed by atoms with Crippen molar-refractivity contribution in [1.29, 1.82) is 0 Å². The summed E-state index contributed by atoms with van der Waals surface area (Å²) in [6.45, 7) is 6.96. The minimum absolute atomic E-state index is 0.688. The summed E-state index contributed by atoms with van der Waals surface area (Å²) in [5.41, 5.74) is 2.80. The van der Waals surface area contributed by atoms with Crippen LogP contribution in [0.5, 0.6) is 0 Å². The van der Waals surface area contributed by atoms with E-state index in [4.69, 9.17) is 0 Å². The molecule has 1 saturated carbocycles. The molecule has 18 heavy (non-hydrogen) atoms. The van der Waals surface area contributed by atoms with Gasteiger partial charge in [-0.25, -0.2) is 0 Å². The molecule has 1 aliphatic carbocycles. The summed E-state index contributed by atoms with van der Waals surface area (Å²) in [6, 6.07) is 9.43. The van der Waals surface area contributed by atoms with Crippen LogP contribution >= 0.6 is 0 Å². The standard InChI is InChI=1S/C17H27N/c1-4-14-7-5-6-8-17(14)18-16-11-9-15(10-12-16)13(2)3/h5-8,13,15-16,18H,4,9-12H2,1-3H3. The van der Waals surface area contributed by atoms with E-state index in [1.54, 1.807) is 0 Å². The fraction of sp³-hybridized carbons (Fsp3) is 0.647. The van der Waals surface area contributed by atoms with Gasteiger partial charge in [-0.2, -0.15) is 0 Å². The Bertz CT molecular complexity index is 362. The van der Waals surface area contributed by atoms with E-state index in [0.717, 1.165) is 18.3 Å². The van der Waals surface area contributed by atoms with Crippen LogP contribution in [0.4, 0.5) is 5.69 Å². The molecule has 1 aliphatic rings. The molecule has 0 radical (unpaired) electrons. The first-order chi connectivity index (χ1) is 8.70. The molecule has 2 rings (SSSR count). The Hall–Kier alpha value is -0.980. The van der Waals surface area contributed by atoms with Crippen molar-refractivity contribution in [2.24, 2.45) is 11.8 Å². The molecule has 0 saturated heterocycles. The second-order valence-electron chi connectivity index (χ2n) is 6.01. The van der Waals surface area contributed by atoms with Crippen molar-refractivity contribution in [1.82, 2.24) is 0 Å². The van der Waals surface area contributed by atoms with Crippen LogP contribution < -0.4 is 5.32 Å². The molecule has 1 N–H and O–H groups in total. The van der Waals surface area contributed by atoms with E-state index in [0.29, 0.717) is 6.04 Å². The molecule has 0 amide bonds. The lowest BCUT2D eigenvalue weighted by atomic mass is 9.79. The minimum atomic E-state index is 0.688. The van der Waals surface area contributed by atoms with E-state index < -0.39 is 0 Å². The first kappa shape index (κ1) is 13.5. The van der Waals surface area contributed by atoms with Gasteiger partial charge in [0.1, 0.15) is 0 Å². The monoisotopic (exact) mass is 245 g/mol. The first-order valence-electron chi connectivity index (χ1n) is 7.55. The maximum absolute atomic E-state index is 3.76. The summed E-state index contributed by atoms with van der Waals surface area (Å²) < 4.78 is 0. The van der Waals surface area contributed by atoms with Crippen molar-refractivity contribution in [3.63, 3.8) is 0 Å². The molecular formula is C17H27N. The Morgan fingerprint density at radius 1 is 1.11 bits per heavy atom. The van der Waals surface area contributed by atoms with Crippen LogP contribution in [0, 0.1) is 11.8 Å². The zero-order valence-corrected chi connectivity index (χ0v) is 12.1. The number of anilines is 1. The summed E-state index contributed by atoms with van der Waals surface area (Å²) in [7, 11) is 0. The molecule has 0 heterocycles. The van der Waals surface area contributed by atoms with E-state index in [1.165, 1.54) is 36.9 Å². The molecule has 1 fully saturated rings. The highest BCUT2D eigenvalue weighted by Crippen LogP contribution is 2.31. The van der Waals surface area contributed by atoms with E-state index in [-0.39, 0.29) is 0 Å². The number of rotatable bonds is 4. The molecule has 0 unspecified atom stereocenters. The zero-order valence-electron chi connectivity index (χ0n) is 12.1. The molecule has 0 bridgehead atoms. The number of hydrogen-bond donors (Lipinski definition) is 1. The van der Waals surface area contributed by atoms with Crippen LogP contribution in [-0.4, -0.2) is 6.04 Å². The highest BCUT2D eigenvalue weighted by atomic mass is 14.9. The number of benzene rings is 1. The SMILES string of the molecule is CCc1ccccc1NC1CCC(C(C)C)CC1. The van der Waals surface area contributed by atoms with Gasteiger partial charge in [-0.15, -0.1) is 0 Å². The van der Waals surface area contributed by atoms with Gasteiger partial charge in [-0.3, -0.25) is 0 Å². The average molecular weight is 245 g/mol. The van der Waals surface area contributed by atoms with Crippen LogP contribution in [0.15, 0.2) is 24.3 Å². The van der Waals surface area contributed by atoms with Gasteiger partial charge >= 0.3 is 0 Å². The van der Waals surface area contributed by atoms with Crippen molar-refractivity contribution in [3.05, 3.63) is 29.8 Å². The predicted molar refractivity (Wildman–Crippen MR) is 80.0 cm³/mol. The topological polar surface area (TPSA) is 12.0 Å². The number of nitrogens with one attached hydrogen (secondary N) is 1. The fourth-order valence-corrected chi connectivity index (χ4v) is 3.12. The molecule has 1 heteroatoms. The highest BCUT2D eigenvalue weighted by Gasteiger charge is 2.23. The number of hydrogen-bond acceptors (Lipinski definition) is 1. The molecule has 100 valence electrons. The molecule has 0 aromatic heterocycles. The van der Waals surface area contributed by atoms with E-state index >= 15 is 0 Å². The smallest absolute Gasteiger partial charge is 0.0374 e. The van der Waals surface area contributed by atoms with E-state index in [1.807, 2.05) is 0 Å². The normalized spacial score (nSPS) is 24.2. The molecule has 1 aromatic carbocycles. The van der Waals surface area contributed by atoms with Gasteiger partial charge in [0.15, 0.2) is 0 Å². The largest absolute Gasteiger partial charge is 0.382 e. The maximum Gasteiger partial charge on any atom is 0.0374 e. The number of para-hydroxylation sites is 1. The second-order valence-corrected chi connectivity index (χ2v) is 6.01. The third-order valence-electron chi connectivity index (χ3n) is 4.47. The van der Waals surface area contributed by atoms with Crippen LogP contribution in [0.1, 0.15) is 52.0 Å². The lowest BCUT2D eigenvalue weighted by molar-refractivity contribution is 0.267. The van der Waals surface area contributed by atoms with Gasteiger partial charge in [-0.05, 0) is 55.6 Å². The number of aryl methyl sites for hydroxylation is 1. The van der Waals surface area contributed by atoms with E-state index in [2.05, 4.69) is 50.4 Å². The molecule has 0 atom stereocenters. The van der Waals surface area contributed by atoms with Gasteiger partial charge in [0, 0.05) is 11.7 Å². The Balaban J connectivity index is 1.91. The molecule has 1 nitrogen and oxygen atoms in total. The minimum Gasteiger partial charge on any atom is -0.382 e. The fourth-order valence-electron chi connectivity index (χ4n) is 3.12. The molecular weight excluding hydrogens is 218 g/mol. The summed E-state index contributed by atoms with van der Waals surface area (Å²) in [5.74, 6) is 1.80. The lowest BCUT2D eigenvalue weighted by Crippen LogP contribution is -2.28. The third-order valence-corrected chi connectivity index (χ3v) is 4.47. The molecule has 0 spiro atoms. The van der Waals surface area contributed by atoms with Crippen molar-refractivity contribution in [3.8, 4) is 0 Å². The Kier molecular flexibility index (Phi) is 4.68. The third kappa shape index (κ3) is 3.28. The quantitative estimate of drug-likeness (QED) is 0.797.